The van der Waals surface area contributed by atoms with Crippen molar-refractivity contribution in [1.82, 2.24) is 4.57 Å². The molecule has 1 heterocycles. The lowest BCUT2D eigenvalue weighted by Gasteiger charge is -2.12. The molecule has 4 nitrogen and oxygen atoms in total. The number of nitrogens with two attached hydrogens (primary N) is 2. The summed E-state index contributed by atoms with van der Waals surface area (Å²) in [5.74, 6) is 0. The van der Waals surface area contributed by atoms with Crippen LogP contribution in [-0.2, 0) is 0 Å². The molecule has 0 saturated heterocycles. The number of hydrogen-bond acceptors (Lipinski definition) is 3. The first-order valence-corrected chi connectivity index (χ1v) is 9.22. The van der Waals surface area contributed by atoms with E-state index in [9.17, 15) is 0 Å². The SMILES string of the molecule is NC/C=N\C=Cc1c(-c2ccccc2N)ccc2c1ccn2-c1ccccc1. The van der Waals surface area contributed by atoms with Crippen LogP contribution in [0.4, 0.5) is 5.69 Å². The summed E-state index contributed by atoms with van der Waals surface area (Å²) in [6, 6.07) is 24.6. The fourth-order valence-corrected chi connectivity index (χ4v) is 3.45. The Hall–Kier alpha value is -3.63. The number of anilines is 1. The summed E-state index contributed by atoms with van der Waals surface area (Å²) in [6.45, 7) is 0.414. The molecule has 0 bridgehead atoms. The molecule has 0 radical (unpaired) electrons. The first kappa shape index (κ1) is 17.8. The van der Waals surface area contributed by atoms with E-state index in [1.165, 1.54) is 0 Å². The van der Waals surface area contributed by atoms with Crippen molar-refractivity contribution in [3.63, 3.8) is 0 Å². The number of nitrogens with zero attached hydrogens (tertiary/aromatic N) is 2. The molecular formula is C24H22N4. The molecule has 4 N–H and O–H groups in total. The van der Waals surface area contributed by atoms with Gasteiger partial charge in [0.1, 0.15) is 0 Å². The molecule has 4 rings (SSSR count). The van der Waals surface area contributed by atoms with Crippen LogP contribution < -0.4 is 11.5 Å². The standard InChI is InChI=1S/C24H22N4/c25-14-16-27-15-12-20-19(21-8-4-5-9-23(21)26)10-11-24-22(20)13-17-28(24)18-6-2-1-3-7-18/h1-13,15-17H,14,25-26H2/b15-12?,27-16-. The van der Waals surface area contributed by atoms with E-state index in [0.717, 1.165) is 39.0 Å². The van der Waals surface area contributed by atoms with Gasteiger partial charge in [0.2, 0.25) is 0 Å². The average molecular weight is 366 g/mol. The predicted molar refractivity (Wildman–Crippen MR) is 120 cm³/mol. The maximum Gasteiger partial charge on any atom is 0.0534 e. The molecule has 0 amide bonds. The van der Waals surface area contributed by atoms with Crippen LogP contribution >= 0.6 is 0 Å². The van der Waals surface area contributed by atoms with Crippen LogP contribution in [0.3, 0.4) is 0 Å². The summed E-state index contributed by atoms with van der Waals surface area (Å²) in [5, 5.41) is 1.14. The van der Waals surface area contributed by atoms with Crippen LogP contribution in [0.2, 0.25) is 0 Å². The molecule has 0 fully saturated rings. The molecule has 28 heavy (non-hydrogen) atoms. The Morgan fingerprint density at radius 2 is 1.64 bits per heavy atom. The Kier molecular flexibility index (Phi) is 5.04. The Balaban J connectivity index is 1.94. The van der Waals surface area contributed by atoms with Crippen molar-refractivity contribution in [2.75, 3.05) is 12.3 Å². The minimum atomic E-state index is 0.414. The summed E-state index contributed by atoms with van der Waals surface area (Å²) < 4.78 is 2.19. The Bertz CT molecular complexity index is 1150. The fourth-order valence-electron chi connectivity index (χ4n) is 3.45. The summed E-state index contributed by atoms with van der Waals surface area (Å²) in [4.78, 5) is 4.25. The van der Waals surface area contributed by atoms with Crippen molar-refractivity contribution in [3.05, 3.63) is 90.8 Å². The second kappa shape index (κ2) is 7.94. The highest BCUT2D eigenvalue weighted by atomic mass is 15.0. The molecule has 0 unspecified atom stereocenters. The average Bonchev–Trinajstić information content (AvgIpc) is 3.17. The molecule has 0 aliphatic heterocycles. The van der Waals surface area contributed by atoms with Gasteiger partial charge in [0.25, 0.3) is 0 Å². The zero-order valence-electron chi connectivity index (χ0n) is 15.5. The highest BCUT2D eigenvalue weighted by Gasteiger charge is 2.13. The van der Waals surface area contributed by atoms with E-state index in [1.54, 1.807) is 12.4 Å². The van der Waals surface area contributed by atoms with Crippen LogP contribution in [0.15, 0.2) is 90.2 Å². The van der Waals surface area contributed by atoms with Gasteiger partial charge in [0.05, 0.1) is 5.52 Å². The van der Waals surface area contributed by atoms with Gasteiger partial charge in [-0.15, -0.1) is 0 Å². The van der Waals surface area contributed by atoms with Gasteiger partial charge in [-0.1, -0.05) is 42.5 Å². The highest BCUT2D eigenvalue weighted by Crippen LogP contribution is 2.35. The Labute approximate surface area is 164 Å². The molecule has 0 aliphatic carbocycles. The van der Waals surface area contributed by atoms with Crippen LogP contribution in [0.5, 0.6) is 0 Å². The normalized spacial score (nSPS) is 11.8. The van der Waals surface area contributed by atoms with E-state index in [4.69, 9.17) is 11.5 Å². The van der Waals surface area contributed by atoms with Crippen molar-refractivity contribution >= 4 is 28.9 Å². The van der Waals surface area contributed by atoms with E-state index in [2.05, 4.69) is 46.1 Å². The minimum absolute atomic E-state index is 0.414. The molecule has 138 valence electrons. The van der Waals surface area contributed by atoms with Gasteiger partial charge >= 0.3 is 0 Å². The first-order chi connectivity index (χ1) is 13.8. The number of aliphatic imine (C=N–C) groups is 1. The van der Waals surface area contributed by atoms with Crippen molar-refractivity contribution in [1.29, 1.82) is 0 Å². The quantitative estimate of drug-likeness (QED) is 0.390. The van der Waals surface area contributed by atoms with Crippen LogP contribution in [0.1, 0.15) is 5.56 Å². The maximum atomic E-state index is 6.26. The number of nitrogen functional groups attached to an aromatic ring is 1. The topological polar surface area (TPSA) is 69.3 Å². The second-order valence-electron chi connectivity index (χ2n) is 6.45. The van der Waals surface area contributed by atoms with Gasteiger partial charge in [-0.25, -0.2) is 0 Å². The van der Waals surface area contributed by atoms with Gasteiger partial charge in [-0.3, -0.25) is 4.99 Å². The minimum Gasteiger partial charge on any atom is -0.398 e. The zero-order chi connectivity index (χ0) is 19.3. The second-order valence-corrected chi connectivity index (χ2v) is 6.45. The number of para-hydroxylation sites is 2. The lowest BCUT2D eigenvalue weighted by molar-refractivity contribution is 1.13. The van der Waals surface area contributed by atoms with Gasteiger partial charge in [0, 0.05) is 47.5 Å². The molecule has 0 saturated carbocycles. The van der Waals surface area contributed by atoms with Crippen molar-refractivity contribution < 1.29 is 0 Å². The van der Waals surface area contributed by atoms with E-state index >= 15 is 0 Å². The number of hydrogen-bond donors (Lipinski definition) is 2. The largest absolute Gasteiger partial charge is 0.398 e. The lowest BCUT2D eigenvalue weighted by atomic mass is 9.95. The molecule has 1 aromatic heterocycles. The van der Waals surface area contributed by atoms with E-state index in [0.29, 0.717) is 6.54 Å². The highest BCUT2D eigenvalue weighted by molar-refractivity contribution is 5.98. The number of aromatic nitrogens is 1. The lowest BCUT2D eigenvalue weighted by Crippen LogP contribution is -1.98. The molecule has 4 heteroatoms. The smallest absolute Gasteiger partial charge is 0.0534 e. The molecular weight excluding hydrogens is 344 g/mol. The molecule has 0 spiro atoms. The molecule has 3 aromatic carbocycles. The zero-order valence-corrected chi connectivity index (χ0v) is 15.5. The van der Waals surface area contributed by atoms with Crippen LogP contribution in [-0.4, -0.2) is 17.3 Å². The predicted octanol–water partition coefficient (Wildman–Crippen LogP) is 4.88. The summed E-state index contributed by atoms with van der Waals surface area (Å²) >= 11 is 0. The third kappa shape index (κ3) is 3.33. The van der Waals surface area contributed by atoms with E-state index < -0.39 is 0 Å². The molecule has 0 atom stereocenters. The van der Waals surface area contributed by atoms with Gasteiger partial charge in [-0.2, -0.15) is 0 Å². The van der Waals surface area contributed by atoms with Crippen molar-refractivity contribution in [2.24, 2.45) is 10.7 Å². The third-order valence-corrected chi connectivity index (χ3v) is 4.74. The van der Waals surface area contributed by atoms with E-state index in [1.807, 2.05) is 48.5 Å². The third-order valence-electron chi connectivity index (χ3n) is 4.74. The summed E-state index contributed by atoms with van der Waals surface area (Å²) in [7, 11) is 0. The number of benzene rings is 3. The van der Waals surface area contributed by atoms with Gasteiger partial charge in [0.15, 0.2) is 0 Å². The monoisotopic (exact) mass is 366 g/mol. The first-order valence-electron chi connectivity index (χ1n) is 9.22. The van der Waals surface area contributed by atoms with Crippen molar-refractivity contribution in [3.8, 4) is 16.8 Å². The van der Waals surface area contributed by atoms with Gasteiger partial charge < -0.3 is 16.0 Å². The molecule has 4 aromatic rings. The molecule has 0 aliphatic rings. The summed E-state index contributed by atoms with van der Waals surface area (Å²) in [5.41, 5.74) is 18.0. The summed E-state index contributed by atoms with van der Waals surface area (Å²) in [6.07, 6.45) is 7.58. The Morgan fingerprint density at radius 1 is 0.857 bits per heavy atom. The Morgan fingerprint density at radius 3 is 2.43 bits per heavy atom. The van der Waals surface area contributed by atoms with Crippen LogP contribution in [0.25, 0.3) is 33.8 Å². The number of fused-ring (bicyclic) bond motifs is 1. The van der Waals surface area contributed by atoms with Crippen molar-refractivity contribution in [2.45, 2.75) is 0 Å². The maximum absolute atomic E-state index is 6.26. The number of rotatable bonds is 5. The van der Waals surface area contributed by atoms with E-state index in [-0.39, 0.29) is 0 Å². The fraction of sp³-hybridized carbons (Fsp3) is 0.0417. The van der Waals surface area contributed by atoms with Gasteiger partial charge in [-0.05, 0) is 47.5 Å². The van der Waals surface area contributed by atoms with Crippen LogP contribution in [0, 0.1) is 0 Å².